The lowest BCUT2D eigenvalue weighted by atomic mass is 10.2. The van der Waals surface area contributed by atoms with Crippen LogP contribution in [0.4, 0.5) is 0 Å². The predicted octanol–water partition coefficient (Wildman–Crippen LogP) is 2.82. The maximum absolute atomic E-state index is 12.1. The Kier molecular flexibility index (Phi) is 5.01. The third kappa shape index (κ3) is 3.58. The Balaban J connectivity index is 1.52. The number of ether oxygens (including phenoxy) is 2. The van der Waals surface area contributed by atoms with Crippen molar-refractivity contribution in [3.05, 3.63) is 45.3 Å². The van der Waals surface area contributed by atoms with Crippen LogP contribution in [0.2, 0.25) is 0 Å². The lowest BCUT2D eigenvalue weighted by Gasteiger charge is -2.07. The molecule has 4 aromatic rings. The number of rotatable bonds is 6. The zero-order valence-corrected chi connectivity index (χ0v) is 16.8. The second-order valence-corrected chi connectivity index (χ2v) is 7.72. The number of benzene rings is 1. The first-order chi connectivity index (χ1) is 13.6. The van der Waals surface area contributed by atoms with E-state index < -0.39 is 0 Å². The van der Waals surface area contributed by atoms with Gasteiger partial charge in [0, 0.05) is 17.4 Å². The van der Waals surface area contributed by atoms with Crippen molar-refractivity contribution in [2.24, 2.45) is 0 Å². The minimum Gasteiger partial charge on any atom is -0.493 e. The molecule has 0 radical (unpaired) electrons. The summed E-state index contributed by atoms with van der Waals surface area (Å²) in [5, 5.41) is 13.4. The van der Waals surface area contributed by atoms with Crippen LogP contribution >= 0.6 is 23.1 Å². The first-order valence-corrected chi connectivity index (χ1v) is 9.92. The number of nitrogens with zero attached hydrogens (tertiary/aromatic N) is 5. The van der Waals surface area contributed by atoms with Crippen molar-refractivity contribution in [3.63, 3.8) is 0 Å². The summed E-state index contributed by atoms with van der Waals surface area (Å²) >= 11 is 2.68. The van der Waals surface area contributed by atoms with Gasteiger partial charge in [-0.2, -0.15) is 9.61 Å². The first-order valence-electron chi connectivity index (χ1n) is 8.12. The normalized spacial score (nSPS) is 11.1. The lowest BCUT2D eigenvalue weighted by molar-refractivity contribution is 0.355. The van der Waals surface area contributed by atoms with Crippen LogP contribution in [-0.4, -0.2) is 39.0 Å². The zero-order valence-electron chi connectivity index (χ0n) is 15.2. The van der Waals surface area contributed by atoms with Crippen LogP contribution < -0.4 is 15.0 Å². The zero-order chi connectivity index (χ0) is 19.7. The quantitative estimate of drug-likeness (QED) is 0.438. The average molecular weight is 417 g/mol. The van der Waals surface area contributed by atoms with Crippen LogP contribution in [0.5, 0.6) is 11.5 Å². The Morgan fingerprint density at radius 2 is 2.00 bits per heavy atom. The molecule has 3 aromatic heterocycles. The molecule has 4 rings (SSSR count). The second kappa shape index (κ2) is 7.60. The standard InChI is InChI=1S/C17H15N5O4S2/c1-9-21-22-14(23)7-11(18-16(22)28-9)8-27-17-20-19-15(26-17)10-4-5-12(24-2)13(6-10)25-3/h4-7H,8H2,1-3H3. The van der Waals surface area contributed by atoms with Crippen molar-refractivity contribution < 1.29 is 13.9 Å². The fraction of sp³-hybridized carbons (Fsp3) is 0.235. The average Bonchev–Trinajstić information content (AvgIpc) is 3.32. The molecule has 0 spiro atoms. The summed E-state index contributed by atoms with van der Waals surface area (Å²) in [6.07, 6.45) is 0. The molecule has 144 valence electrons. The molecule has 0 amide bonds. The molecule has 0 bridgehead atoms. The highest BCUT2D eigenvalue weighted by Gasteiger charge is 2.14. The Hall–Kier alpha value is -2.92. The molecule has 11 heteroatoms. The minimum absolute atomic E-state index is 0.207. The smallest absolute Gasteiger partial charge is 0.277 e. The van der Waals surface area contributed by atoms with Gasteiger partial charge in [-0.15, -0.1) is 10.2 Å². The lowest BCUT2D eigenvalue weighted by Crippen LogP contribution is -2.15. The molecule has 0 fully saturated rings. The Morgan fingerprint density at radius 1 is 1.18 bits per heavy atom. The van der Waals surface area contributed by atoms with Crippen molar-refractivity contribution in [2.45, 2.75) is 17.9 Å². The molecule has 0 atom stereocenters. The Bertz CT molecular complexity index is 1200. The van der Waals surface area contributed by atoms with E-state index in [9.17, 15) is 4.79 Å². The van der Waals surface area contributed by atoms with Gasteiger partial charge >= 0.3 is 0 Å². The summed E-state index contributed by atoms with van der Waals surface area (Å²) in [7, 11) is 3.14. The maximum atomic E-state index is 12.1. The van der Waals surface area contributed by atoms with Crippen LogP contribution in [0.15, 0.2) is 38.7 Å². The van der Waals surface area contributed by atoms with Crippen LogP contribution in [0, 0.1) is 6.92 Å². The van der Waals surface area contributed by atoms with Crippen LogP contribution in [-0.2, 0) is 5.75 Å². The number of hydrogen-bond acceptors (Lipinski definition) is 10. The van der Waals surface area contributed by atoms with Gasteiger partial charge < -0.3 is 13.9 Å². The van der Waals surface area contributed by atoms with E-state index in [2.05, 4.69) is 20.3 Å². The van der Waals surface area contributed by atoms with E-state index in [1.165, 1.54) is 33.7 Å². The molecule has 0 N–H and O–H groups in total. The van der Waals surface area contributed by atoms with Gasteiger partial charge in [0.15, 0.2) is 11.5 Å². The number of hydrogen-bond donors (Lipinski definition) is 0. The number of fused-ring (bicyclic) bond motifs is 1. The molecule has 1 aromatic carbocycles. The molecule has 0 saturated heterocycles. The Morgan fingerprint density at radius 3 is 2.79 bits per heavy atom. The number of methoxy groups -OCH3 is 2. The van der Waals surface area contributed by atoms with E-state index in [4.69, 9.17) is 13.9 Å². The summed E-state index contributed by atoms with van der Waals surface area (Å²) in [6.45, 7) is 1.83. The fourth-order valence-electron chi connectivity index (χ4n) is 2.52. The summed E-state index contributed by atoms with van der Waals surface area (Å²) in [5.74, 6) is 1.98. The summed E-state index contributed by atoms with van der Waals surface area (Å²) < 4.78 is 17.5. The van der Waals surface area contributed by atoms with E-state index in [1.54, 1.807) is 26.4 Å². The molecule has 0 aliphatic heterocycles. The van der Waals surface area contributed by atoms with Crippen molar-refractivity contribution in [2.75, 3.05) is 14.2 Å². The van der Waals surface area contributed by atoms with Crippen molar-refractivity contribution in [1.29, 1.82) is 0 Å². The van der Waals surface area contributed by atoms with E-state index in [-0.39, 0.29) is 5.56 Å². The summed E-state index contributed by atoms with van der Waals surface area (Å²) in [4.78, 5) is 17.1. The van der Waals surface area contributed by atoms with Gasteiger partial charge in [0.2, 0.25) is 10.9 Å². The summed E-state index contributed by atoms with van der Waals surface area (Å²) in [6, 6.07) is 6.81. The molecular formula is C17H15N5O4S2. The van der Waals surface area contributed by atoms with E-state index >= 15 is 0 Å². The van der Waals surface area contributed by atoms with Crippen LogP contribution in [0.25, 0.3) is 16.4 Å². The van der Waals surface area contributed by atoms with Crippen LogP contribution in [0.1, 0.15) is 10.7 Å². The Labute approximate surface area is 167 Å². The number of aromatic nitrogens is 5. The number of aryl methyl sites for hydroxylation is 1. The second-order valence-electron chi connectivity index (χ2n) is 5.63. The largest absolute Gasteiger partial charge is 0.493 e. The van der Waals surface area contributed by atoms with Crippen molar-refractivity contribution in [3.8, 4) is 23.0 Å². The molecule has 9 nitrogen and oxygen atoms in total. The van der Waals surface area contributed by atoms with Gasteiger partial charge in [0.1, 0.15) is 5.01 Å². The third-order valence-corrected chi connectivity index (χ3v) is 5.46. The van der Waals surface area contributed by atoms with Crippen LogP contribution in [0.3, 0.4) is 0 Å². The van der Waals surface area contributed by atoms with Gasteiger partial charge in [-0.05, 0) is 25.1 Å². The monoisotopic (exact) mass is 417 g/mol. The SMILES string of the molecule is COc1ccc(-c2nnc(SCc3cc(=O)n4nc(C)sc4n3)o2)cc1OC. The number of thioether (sulfide) groups is 1. The molecule has 0 aliphatic rings. The van der Waals surface area contributed by atoms with Gasteiger partial charge in [-0.3, -0.25) is 4.79 Å². The first kappa shape index (κ1) is 18.4. The molecule has 0 saturated carbocycles. The highest BCUT2D eigenvalue weighted by Crippen LogP contribution is 2.33. The van der Waals surface area contributed by atoms with Gasteiger partial charge in [-0.25, -0.2) is 4.98 Å². The van der Waals surface area contributed by atoms with Crippen molar-refractivity contribution in [1.82, 2.24) is 24.8 Å². The third-order valence-electron chi connectivity index (χ3n) is 3.78. The van der Waals surface area contributed by atoms with Gasteiger partial charge in [-0.1, -0.05) is 23.1 Å². The van der Waals surface area contributed by atoms with E-state index in [0.29, 0.717) is 39.0 Å². The highest BCUT2D eigenvalue weighted by atomic mass is 32.2. The molecule has 3 heterocycles. The van der Waals surface area contributed by atoms with Gasteiger partial charge in [0.05, 0.1) is 19.9 Å². The minimum atomic E-state index is -0.207. The molecule has 28 heavy (non-hydrogen) atoms. The molecular weight excluding hydrogens is 402 g/mol. The van der Waals surface area contributed by atoms with E-state index in [1.807, 2.05) is 13.0 Å². The topological polar surface area (TPSA) is 105 Å². The summed E-state index contributed by atoms with van der Waals surface area (Å²) in [5.41, 5.74) is 1.14. The highest BCUT2D eigenvalue weighted by molar-refractivity contribution is 7.98. The maximum Gasteiger partial charge on any atom is 0.277 e. The fourth-order valence-corrected chi connectivity index (χ4v) is 3.94. The van der Waals surface area contributed by atoms with E-state index in [0.717, 1.165) is 10.6 Å². The predicted molar refractivity (Wildman–Crippen MR) is 104 cm³/mol. The molecule has 0 aliphatic carbocycles. The molecule has 0 unspecified atom stereocenters. The van der Waals surface area contributed by atoms with Gasteiger partial charge in [0.25, 0.3) is 10.8 Å². The van der Waals surface area contributed by atoms with Crippen molar-refractivity contribution >= 4 is 28.1 Å².